The summed E-state index contributed by atoms with van der Waals surface area (Å²) in [7, 11) is 1.51. The molecule has 0 unspecified atom stereocenters. The molecule has 0 atom stereocenters. The minimum absolute atomic E-state index is 0.158. The minimum Gasteiger partial charge on any atom is -0.493 e. The number of esters is 1. The Hall–Kier alpha value is -3.26. The van der Waals surface area contributed by atoms with Crippen LogP contribution in [0.3, 0.4) is 0 Å². The quantitative estimate of drug-likeness (QED) is 0.260. The van der Waals surface area contributed by atoms with E-state index >= 15 is 0 Å². The predicted octanol–water partition coefficient (Wildman–Crippen LogP) is 2.28. The lowest BCUT2D eigenvalue weighted by Crippen LogP contribution is -2.21. The monoisotopic (exact) mass is 358 g/mol. The Kier molecular flexibility index (Phi) is 6.40. The molecule has 0 heterocycles. The number of rotatable bonds is 7. The van der Waals surface area contributed by atoms with Gasteiger partial charge in [-0.3, -0.25) is 9.59 Å². The molecule has 0 aliphatic heterocycles. The minimum atomic E-state index is -0.408. The molecule has 1 amide bonds. The topological polar surface area (TPSA) is 115 Å². The fourth-order valence-corrected chi connectivity index (χ4v) is 2.26. The molecule has 26 heavy (non-hydrogen) atoms. The van der Waals surface area contributed by atoms with Gasteiger partial charge in [-0.05, 0) is 35.9 Å². The third-order valence-electron chi connectivity index (χ3n) is 3.37. The van der Waals surface area contributed by atoms with Crippen molar-refractivity contribution < 1.29 is 19.1 Å². The van der Waals surface area contributed by atoms with Crippen LogP contribution in [0.1, 0.15) is 19.4 Å². The summed E-state index contributed by atoms with van der Waals surface area (Å²) in [4.78, 5) is 22.1. The van der Waals surface area contributed by atoms with Crippen molar-refractivity contribution in [2.75, 3.05) is 23.6 Å². The molecule has 2 aromatic rings. The molecule has 0 saturated carbocycles. The van der Waals surface area contributed by atoms with Gasteiger partial charge in [-0.1, -0.05) is 6.07 Å². The molecule has 5 N–H and O–H groups in total. The van der Waals surface area contributed by atoms with Crippen molar-refractivity contribution in [1.82, 2.24) is 5.43 Å². The van der Waals surface area contributed by atoms with Crippen molar-refractivity contribution in [1.29, 1.82) is 0 Å². The van der Waals surface area contributed by atoms with Crippen LogP contribution in [0.2, 0.25) is 0 Å². The van der Waals surface area contributed by atoms with Gasteiger partial charge in [0.25, 0.3) is 0 Å². The van der Waals surface area contributed by atoms with Gasteiger partial charge >= 0.3 is 5.97 Å². The Labute approximate surface area is 151 Å². The molecule has 0 radical (unpaired) electrons. The van der Waals surface area contributed by atoms with Crippen LogP contribution >= 0.6 is 0 Å². The third-order valence-corrected chi connectivity index (χ3v) is 3.37. The van der Waals surface area contributed by atoms with Crippen LogP contribution in [-0.2, 0) is 16.1 Å². The standard InChI is InChI=1S/C18H22N4O4/c1-11(23)21-14-5-6-16(15(19)9-14)22-20-10-13-4-7-17(26-12(2)24)18(8-13)25-3/h4-9,20,22H,10,19H2,1-3H3,(H,21,23). The highest BCUT2D eigenvalue weighted by molar-refractivity contribution is 5.90. The SMILES string of the molecule is COc1cc(CNNc2ccc(NC(C)=O)cc2N)ccc1OC(C)=O. The van der Waals surface area contributed by atoms with E-state index in [9.17, 15) is 9.59 Å². The summed E-state index contributed by atoms with van der Waals surface area (Å²) in [6, 6.07) is 10.4. The zero-order valence-electron chi connectivity index (χ0n) is 14.9. The van der Waals surface area contributed by atoms with Crippen LogP contribution in [-0.4, -0.2) is 19.0 Å². The zero-order chi connectivity index (χ0) is 19.1. The van der Waals surface area contributed by atoms with Crippen molar-refractivity contribution in [3.63, 3.8) is 0 Å². The average Bonchev–Trinajstić information content (AvgIpc) is 2.57. The Morgan fingerprint density at radius 3 is 2.46 bits per heavy atom. The first-order valence-corrected chi connectivity index (χ1v) is 7.90. The van der Waals surface area contributed by atoms with Crippen LogP contribution in [0.15, 0.2) is 36.4 Å². The number of hydrazine groups is 1. The van der Waals surface area contributed by atoms with Crippen LogP contribution in [0.25, 0.3) is 0 Å². The predicted molar refractivity (Wildman–Crippen MR) is 99.9 cm³/mol. The maximum atomic E-state index is 11.1. The Morgan fingerprint density at radius 2 is 1.85 bits per heavy atom. The smallest absolute Gasteiger partial charge is 0.308 e. The summed E-state index contributed by atoms with van der Waals surface area (Å²) in [5, 5.41) is 2.67. The summed E-state index contributed by atoms with van der Waals surface area (Å²) >= 11 is 0. The molecule has 138 valence electrons. The first-order valence-electron chi connectivity index (χ1n) is 7.90. The van der Waals surface area contributed by atoms with E-state index in [1.807, 2.05) is 6.07 Å². The number of carbonyl (C=O) groups excluding carboxylic acids is 2. The number of anilines is 3. The normalized spacial score (nSPS) is 10.1. The second kappa shape index (κ2) is 8.72. The summed E-state index contributed by atoms with van der Waals surface area (Å²) in [6.45, 7) is 3.24. The molecule has 2 rings (SSSR count). The molecular formula is C18H22N4O4. The lowest BCUT2D eigenvalue weighted by molar-refractivity contribution is -0.132. The fraction of sp³-hybridized carbons (Fsp3) is 0.222. The van der Waals surface area contributed by atoms with E-state index in [0.717, 1.165) is 5.56 Å². The molecule has 0 bridgehead atoms. The van der Waals surface area contributed by atoms with Crippen LogP contribution in [0.4, 0.5) is 17.1 Å². The summed E-state index contributed by atoms with van der Waals surface area (Å²) in [5.41, 5.74) is 14.7. The number of methoxy groups -OCH3 is 1. The van der Waals surface area contributed by atoms with Crippen LogP contribution in [0.5, 0.6) is 11.5 Å². The van der Waals surface area contributed by atoms with Gasteiger partial charge in [-0.25, -0.2) is 5.43 Å². The molecular weight excluding hydrogens is 336 g/mol. The van der Waals surface area contributed by atoms with Gasteiger partial charge in [0.15, 0.2) is 11.5 Å². The number of benzene rings is 2. The van der Waals surface area contributed by atoms with Gasteiger partial charge < -0.3 is 25.9 Å². The number of nitrogens with two attached hydrogens (primary N) is 1. The van der Waals surface area contributed by atoms with E-state index in [2.05, 4.69) is 16.2 Å². The summed E-state index contributed by atoms with van der Waals surface area (Å²) < 4.78 is 10.3. The third kappa shape index (κ3) is 5.38. The first kappa shape index (κ1) is 19.1. The maximum absolute atomic E-state index is 11.1. The molecule has 8 heteroatoms. The van der Waals surface area contributed by atoms with Gasteiger partial charge in [0.2, 0.25) is 5.91 Å². The summed E-state index contributed by atoms with van der Waals surface area (Å²) in [6.07, 6.45) is 0. The highest BCUT2D eigenvalue weighted by Gasteiger charge is 2.08. The molecule has 2 aromatic carbocycles. The van der Waals surface area contributed by atoms with Crippen LogP contribution < -0.4 is 31.4 Å². The molecule has 0 saturated heterocycles. The number of amides is 1. The number of ether oxygens (including phenoxy) is 2. The molecule has 0 spiro atoms. The number of hydrogen-bond donors (Lipinski definition) is 4. The first-order chi connectivity index (χ1) is 12.4. The van der Waals surface area contributed by atoms with E-state index in [1.165, 1.54) is 21.0 Å². The van der Waals surface area contributed by atoms with Crippen molar-refractivity contribution in [2.45, 2.75) is 20.4 Å². The van der Waals surface area contributed by atoms with E-state index in [4.69, 9.17) is 15.2 Å². The molecule has 0 aromatic heterocycles. The zero-order valence-corrected chi connectivity index (χ0v) is 14.9. The van der Waals surface area contributed by atoms with Crippen molar-refractivity contribution in [3.8, 4) is 11.5 Å². The molecule has 0 aliphatic rings. The van der Waals surface area contributed by atoms with Gasteiger partial charge in [0.05, 0.1) is 18.5 Å². The van der Waals surface area contributed by atoms with E-state index in [-0.39, 0.29) is 5.91 Å². The van der Waals surface area contributed by atoms with E-state index in [1.54, 1.807) is 30.3 Å². The van der Waals surface area contributed by atoms with Crippen LogP contribution in [0, 0.1) is 0 Å². The molecule has 8 nitrogen and oxygen atoms in total. The molecule has 0 aliphatic carbocycles. The van der Waals surface area contributed by atoms with Crippen molar-refractivity contribution >= 4 is 28.9 Å². The average molecular weight is 358 g/mol. The Morgan fingerprint density at radius 1 is 1.08 bits per heavy atom. The maximum Gasteiger partial charge on any atom is 0.308 e. The van der Waals surface area contributed by atoms with Gasteiger partial charge in [0, 0.05) is 26.1 Å². The summed E-state index contributed by atoms with van der Waals surface area (Å²) in [5.74, 6) is 0.275. The number of carbonyl (C=O) groups is 2. The lowest BCUT2D eigenvalue weighted by Gasteiger charge is -2.13. The van der Waals surface area contributed by atoms with E-state index in [0.29, 0.717) is 35.1 Å². The number of nitrogen functional groups attached to an aromatic ring is 1. The van der Waals surface area contributed by atoms with Crippen molar-refractivity contribution in [3.05, 3.63) is 42.0 Å². The largest absolute Gasteiger partial charge is 0.493 e. The van der Waals surface area contributed by atoms with E-state index < -0.39 is 5.97 Å². The molecule has 0 fully saturated rings. The van der Waals surface area contributed by atoms with Gasteiger partial charge in [-0.2, -0.15) is 0 Å². The van der Waals surface area contributed by atoms with Gasteiger partial charge in [-0.15, -0.1) is 0 Å². The highest BCUT2D eigenvalue weighted by Crippen LogP contribution is 2.28. The second-order valence-electron chi connectivity index (χ2n) is 5.54. The lowest BCUT2D eigenvalue weighted by atomic mass is 10.2. The highest BCUT2D eigenvalue weighted by atomic mass is 16.6. The Balaban J connectivity index is 1.97. The van der Waals surface area contributed by atoms with Crippen molar-refractivity contribution in [2.24, 2.45) is 0 Å². The second-order valence-corrected chi connectivity index (χ2v) is 5.54. The number of nitrogens with one attached hydrogen (secondary N) is 3. The van der Waals surface area contributed by atoms with Gasteiger partial charge in [0.1, 0.15) is 0 Å². The fourth-order valence-electron chi connectivity index (χ4n) is 2.26. The Bertz CT molecular complexity index is 808. The number of hydrogen-bond acceptors (Lipinski definition) is 7.